The van der Waals surface area contributed by atoms with Gasteiger partial charge in [0.05, 0.1) is 0 Å². The Balaban J connectivity index is 2.08. The predicted molar refractivity (Wildman–Crippen MR) is 60.2 cm³/mol. The highest BCUT2D eigenvalue weighted by atomic mass is 32.1. The van der Waals surface area contributed by atoms with E-state index in [0.717, 1.165) is 19.3 Å². The van der Waals surface area contributed by atoms with Gasteiger partial charge in [-0.3, -0.25) is 9.59 Å². The molecule has 1 aliphatic heterocycles. The molecule has 6 heteroatoms. The molecule has 0 aliphatic carbocycles. The molecule has 0 aromatic rings. The van der Waals surface area contributed by atoms with E-state index < -0.39 is 0 Å². The Morgan fingerprint density at radius 1 is 1.53 bits per heavy atom. The molecule has 1 aliphatic rings. The third-order valence-electron chi connectivity index (χ3n) is 2.15. The van der Waals surface area contributed by atoms with E-state index in [9.17, 15) is 9.59 Å². The van der Waals surface area contributed by atoms with Crippen molar-refractivity contribution in [2.24, 2.45) is 0 Å². The monoisotopic (exact) mass is 229 g/mol. The highest BCUT2D eigenvalue weighted by Gasteiger charge is 2.25. The Morgan fingerprint density at radius 2 is 2.27 bits per heavy atom. The quantitative estimate of drug-likeness (QED) is 0.446. The maximum absolute atomic E-state index is 11.2. The van der Waals surface area contributed by atoms with Crippen molar-refractivity contribution >= 4 is 29.1 Å². The second kappa shape index (κ2) is 5.65. The van der Waals surface area contributed by atoms with Crippen molar-refractivity contribution in [1.29, 1.82) is 0 Å². The van der Waals surface area contributed by atoms with E-state index in [4.69, 9.17) is 12.2 Å². The minimum Gasteiger partial charge on any atom is -0.356 e. The highest BCUT2D eigenvalue weighted by Crippen LogP contribution is 2.04. The molecule has 0 saturated carbocycles. The SMILES string of the molecule is CC(=O)NCCCCC1NC(=S)NC1=O. The van der Waals surface area contributed by atoms with Crippen LogP contribution in [0.25, 0.3) is 0 Å². The maximum Gasteiger partial charge on any atom is 0.248 e. The van der Waals surface area contributed by atoms with Crippen molar-refractivity contribution in [3.05, 3.63) is 0 Å². The van der Waals surface area contributed by atoms with Crippen LogP contribution in [0.15, 0.2) is 0 Å². The maximum atomic E-state index is 11.2. The van der Waals surface area contributed by atoms with Crippen LogP contribution < -0.4 is 16.0 Å². The summed E-state index contributed by atoms with van der Waals surface area (Å²) in [5, 5.41) is 8.54. The summed E-state index contributed by atoms with van der Waals surface area (Å²) in [6.45, 7) is 2.15. The smallest absolute Gasteiger partial charge is 0.248 e. The van der Waals surface area contributed by atoms with E-state index in [2.05, 4.69) is 16.0 Å². The average molecular weight is 229 g/mol. The minimum absolute atomic E-state index is 0.0205. The van der Waals surface area contributed by atoms with Crippen LogP contribution in [0.3, 0.4) is 0 Å². The van der Waals surface area contributed by atoms with E-state index in [1.54, 1.807) is 0 Å². The van der Waals surface area contributed by atoms with Gasteiger partial charge in [0.25, 0.3) is 0 Å². The summed E-state index contributed by atoms with van der Waals surface area (Å²) in [7, 11) is 0. The molecule has 0 aromatic carbocycles. The lowest BCUT2D eigenvalue weighted by Gasteiger charge is -2.07. The van der Waals surface area contributed by atoms with Crippen molar-refractivity contribution in [3.63, 3.8) is 0 Å². The topological polar surface area (TPSA) is 70.2 Å². The lowest BCUT2D eigenvalue weighted by atomic mass is 10.1. The minimum atomic E-state index is -0.199. The molecule has 5 nitrogen and oxygen atoms in total. The first-order valence-electron chi connectivity index (χ1n) is 4.95. The summed E-state index contributed by atoms with van der Waals surface area (Å²) in [6.07, 6.45) is 2.50. The number of hydrogen-bond acceptors (Lipinski definition) is 3. The molecule has 1 fully saturated rings. The molecule has 0 bridgehead atoms. The second-order valence-electron chi connectivity index (χ2n) is 3.49. The van der Waals surface area contributed by atoms with Gasteiger partial charge in [0.15, 0.2) is 5.11 Å². The van der Waals surface area contributed by atoms with Crippen LogP contribution in [0, 0.1) is 0 Å². The van der Waals surface area contributed by atoms with Crippen LogP contribution in [0.2, 0.25) is 0 Å². The Hall–Kier alpha value is -1.17. The molecular weight excluding hydrogens is 214 g/mol. The van der Waals surface area contributed by atoms with Gasteiger partial charge < -0.3 is 16.0 Å². The van der Waals surface area contributed by atoms with E-state index in [1.807, 2.05) is 0 Å². The fraction of sp³-hybridized carbons (Fsp3) is 0.667. The number of hydrogen-bond donors (Lipinski definition) is 3. The Labute approximate surface area is 94.0 Å². The molecule has 0 radical (unpaired) electrons. The van der Waals surface area contributed by atoms with Crippen molar-refractivity contribution in [3.8, 4) is 0 Å². The van der Waals surface area contributed by atoms with E-state index in [1.165, 1.54) is 6.92 Å². The molecule has 1 saturated heterocycles. The molecule has 1 heterocycles. The fourth-order valence-corrected chi connectivity index (χ4v) is 1.64. The normalized spacial score (nSPS) is 19.7. The summed E-state index contributed by atoms with van der Waals surface area (Å²) >= 11 is 4.81. The van der Waals surface area contributed by atoms with E-state index in [0.29, 0.717) is 11.7 Å². The van der Waals surface area contributed by atoms with Gasteiger partial charge >= 0.3 is 0 Å². The standard InChI is InChI=1S/C9H15N3O2S/c1-6(13)10-5-3-2-4-7-8(14)12-9(15)11-7/h7H,2-5H2,1H3,(H,10,13)(H2,11,12,14,15). The zero-order chi connectivity index (χ0) is 11.3. The Bertz CT molecular complexity index is 281. The molecule has 1 atom stereocenters. The summed E-state index contributed by atoms with van der Waals surface area (Å²) in [4.78, 5) is 21.8. The van der Waals surface area contributed by atoms with Crippen LogP contribution in [-0.2, 0) is 9.59 Å². The average Bonchev–Trinajstić information content (AvgIpc) is 2.44. The number of nitrogens with one attached hydrogen (secondary N) is 3. The van der Waals surface area contributed by atoms with Crippen molar-refractivity contribution in [1.82, 2.24) is 16.0 Å². The van der Waals surface area contributed by atoms with Crippen LogP contribution in [-0.4, -0.2) is 29.5 Å². The predicted octanol–water partition coefficient (Wildman–Crippen LogP) is -0.334. The van der Waals surface area contributed by atoms with Crippen molar-refractivity contribution in [2.75, 3.05) is 6.54 Å². The molecular formula is C9H15N3O2S. The van der Waals surface area contributed by atoms with Crippen molar-refractivity contribution in [2.45, 2.75) is 32.2 Å². The molecule has 84 valence electrons. The first kappa shape index (κ1) is 11.9. The molecule has 1 rings (SSSR count). The number of rotatable bonds is 5. The second-order valence-corrected chi connectivity index (χ2v) is 3.90. The number of thiocarbonyl (C=S) groups is 1. The van der Waals surface area contributed by atoms with Crippen LogP contribution in [0.1, 0.15) is 26.2 Å². The summed E-state index contributed by atoms with van der Waals surface area (Å²) in [5.41, 5.74) is 0. The van der Waals surface area contributed by atoms with Crippen LogP contribution >= 0.6 is 12.2 Å². The number of carbonyl (C=O) groups excluding carboxylic acids is 2. The molecule has 2 amide bonds. The molecule has 0 aromatic heterocycles. The Kier molecular flexibility index (Phi) is 4.48. The number of carbonyl (C=O) groups is 2. The van der Waals surface area contributed by atoms with Gasteiger partial charge in [-0.1, -0.05) is 0 Å². The zero-order valence-corrected chi connectivity index (χ0v) is 9.45. The van der Waals surface area contributed by atoms with Gasteiger partial charge in [0, 0.05) is 13.5 Å². The first-order chi connectivity index (χ1) is 7.09. The third-order valence-corrected chi connectivity index (χ3v) is 2.37. The lowest BCUT2D eigenvalue weighted by molar-refractivity contribution is -0.120. The van der Waals surface area contributed by atoms with Crippen molar-refractivity contribution < 1.29 is 9.59 Å². The number of unbranched alkanes of at least 4 members (excludes halogenated alkanes) is 1. The van der Waals surface area contributed by atoms with Crippen LogP contribution in [0.4, 0.5) is 0 Å². The molecule has 3 N–H and O–H groups in total. The zero-order valence-electron chi connectivity index (χ0n) is 8.63. The van der Waals surface area contributed by atoms with Gasteiger partial charge in [-0.15, -0.1) is 0 Å². The lowest BCUT2D eigenvalue weighted by Crippen LogP contribution is -2.29. The van der Waals surface area contributed by atoms with Gasteiger partial charge in [0.2, 0.25) is 11.8 Å². The van der Waals surface area contributed by atoms with Crippen LogP contribution in [0.5, 0.6) is 0 Å². The summed E-state index contributed by atoms with van der Waals surface area (Å²) in [6, 6.07) is -0.199. The summed E-state index contributed by atoms with van der Waals surface area (Å²) in [5.74, 6) is -0.0764. The molecule has 15 heavy (non-hydrogen) atoms. The summed E-state index contributed by atoms with van der Waals surface area (Å²) < 4.78 is 0. The Morgan fingerprint density at radius 3 is 2.80 bits per heavy atom. The third kappa shape index (κ3) is 4.24. The largest absolute Gasteiger partial charge is 0.356 e. The highest BCUT2D eigenvalue weighted by molar-refractivity contribution is 7.80. The van der Waals surface area contributed by atoms with Gasteiger partial charge in [0.1, 0.15) is 6.04 Å². The first-order valence-corrected chi connectivity index (χ1v) is 5.36. The molecule has 0 spiro atoms. The van der Waals surface area contributed by atoms with E-state index >= 15 is 0 Å². The number of amides is 2. The molecule has 1 unspecified atom stereocenters. The van der Waals surface area contributed by atoms with Gasteiger partial charge in [-0.05, 0) is 31.5 Å². The fourth-order valence-electron chi connectivity index (χ4n) is 1.40. The van der Waals surface area contributed by atoms with Gasteiger partial charge in [-0.25, -0.2) is 0 Å². The van der Waals surface area contributed by atoms with E-state index in [-0.39, 0.29) is 17.9 Å². The van der Waals surface area contributed by atoms with Gasteiger partial charge in [-0.2, -0.15) is 0 Å².